The lowest BCUT2D eigenvalue weighted by molar-refractivity contribution is 0.0909. The molecular weight excluding hydrogens is 364 g/mol. The molecule has 0 radical (unpaired) electrons. The van der Waals surface area contributed by atoms with Crippen molar-refractivity contribution in [1.82, 2.24) is 10.2 Å². The molecule has 5 heteroatoms. The van der Waals surface area contributed by atoms with E-state index in [1.807, 2.05) is 18.4 Å². The van der Waals surface area contributed by atoms with Crippen LogP contribution in [0.3, 0.4) is 0 Å². The van der Waals surface area contributed by atoms with Gasteiger partial charge in [-0.1, -0.05) is 41.4 Å². The summed E-state index contributed by atoms with van der Waals surface area (Å²) in [5, 5.41) is 3.67. The van der Waals surface area contributed by atoms with Gasteiger partial charge in [-0.05, 0) is 49.8 Å². The molecule has 0 bridgehead atoms. The molecule has 1 saturated heterocycles. The minimum atomic E-state index is -0.0666. The second-order valence-electron chi connectivity index (χ2n) is 6.86. The van der Waals surface area contributed by atoms with Crippen LogP contribution in [0.2, 0.25) is 5.02 Å². The summed E-state index contributed by atoms with van der Waals surface area (Å²) in [6.07, 6.45) is 3.93. The summed E-state index contributed by atoms with van der Waals surface area (Å²) in [5.41, 5.74) is 3.22. The van der Waals surface area contributed by atoms with Crippen molar-refractivity contribution in [1.29, 1.82) is 0 Å². The molecule has 0 aromatic heterocycles. The van der Waals surface area contributed by atoms with Gasteiger partial charge in [-0.15, -0.1) is 11.8 Å². The minimum Gasteiger partial charge on any atom is -0.349 e. The second-order valence-corrected chi connectivity index (χ2v) is 8.15. The van der Waals surface area contributed by atoms with Crippen molar-refractivity contribution in [3.8, 4) is 0 Å². The van der Waals surface area contributed by atoms with Crippen LogP contribution in [0.5, 0.6) is 0 Å². The lowest BCUT2D eigenvalue weighted by Crippen LogP contribution is -2.44. The SMILES string of the molecule is CSc1ccc(Cl)c(C(=O)NC2CCN(Cc3cccc(C)c3)CC2)c1. The largest absolute Gasteiger partial charge is 0.349 e. The van der Waals surface area contributed by atoms with Crippen LogP contribution < -0.4 is 5.32 Å². The molecule has 2 aromatic rings. The lowest BCUT2D eigenvalue weighted by atomic mass is 10.0. The molecule has 3 rings (SSSR count). The van der Waals surface area contributed by atoms with E-state index in [4.69, 9.17) is 11.6 Å². The molecule has 1 aliphatic rings. The Morgan fingerprint density at radius 2 is 2.00 bits per heavy atom. The van der Waals surface area contributed by atoms with Crippen molar-refractivity contribution < 1.29 is 4.79 Å². The second kappa shape index (κ2) is 8.94. The molecule has 138 valence electrons. The van der Waals surface area contributed by atoms with Gasteiger partial charge in [0.1, 0.15) is 0 Å². The Hall–Kier alpha value is -1.49. The maximum absolute atomic E-state index is 12.6. The first kappa shape index (κ1) is 19.3. The summed E-state index contributed by atoms with van der Waals surface area (Å²) in [4.78, 5) is 16.1. The molecule has 26 heavy (non-hydrogen) atoms. The monoisotopic (exact) mass is 388 g/mol. The molecule has 1 heterocycles. The van der Waals surface area contributed by atoms with E-state index in [0.717, 1.165) is 37.4 Å². The quantitative estimate of drug-likeness (QED) is 0.749. The predicted molar refractivity (Wildman–Crippen MR) is 110 cm³/mol. The zero-order valence-electron chi connectivity index (χ0n) is 15.3. The zero-order chi connectivity index (χ0) is 18.5. The number of aryl methyl sites for hydroxylation is 1. The molecule has 0 atom stereocenters. The van der Waals surface area contributed by atoms with Gasteiger partial charge in [-0.3, -0.25) is 9.69 Å². The highest BCUT2D eigenvalue weighted by Gasteiger charge is 2.22. The van der Waals surface area contributed by atoms with Gasteiger partial charge in [-0.2, -0.15) is 0 Å². The number of piperidine rings is 1. The van der Waals surface area contributed by atoms with Crippen LogP contribution in [0.1, 0.15) is 34.3 Å². The summed E-state index contributed by atoms with van der Waals surface area (Å²) >= 11 is 7.83. The molecule has 0 unspecified atom stereocenters. The van der Waals surface area contributed by atoms with Gasteiger partial charge in [0.25, 0.3) is 5.91 Å². The van der Waals surface area contributed by atoms with Crippen LogP contribution >= 0.6 is 23.4 Å². The van der Waals surface area contributed by atoms with Crippen LogP contribution in [0.15, 0.2) is 47.4 Å². The number of amides is 1. The standard InChI is InChI=1S/C21H25ClN2OS/c1-15-4-3-5-16(12-15)14-24-10-8-17(9-11-24)23-21(25)19-13-18(26-2)6-7-20(19)22/h3-7,12-13,17H,8-11,14H2,1-2H3,(H,23,25). The third-order valence-corrected chi connectivity index (χ3v) is 5.88. The fourth-order valence-corrected chi connectivity index (χ4v) is 4.02. The summed E-state index contributed by atoms with van der Waals surface area (Å²) in [6, 6.07) is 14.5. The number of hydrogen-bond acceptors (Lipinski definition) is 3. The molecule has 0 saturated carbocycles. The third kappa shape index (κ3) is 5.03. The van der Waals surface area contributed by atoms with Gasteiger partial charge in [0.05, 0.1) is 10.6 Å². The van der Waals surface area contributed by atoms with Crippen molar-refractivity contribution in [3.63, 3.8) is 0 Å². The maximum atomic E-state index is 12.6. The van der Waals surface area contributed by atoms with Gasteiger partial charge < -0.3 is 5.32 Å². The highest BCUT2D eigenvalue weighted by Crippen LogP contribution is 2.23. The first-order valence-electron chi connectivity index (χ1n) is 8.97. The van der Waals surface area contributed by atoms with E-state index in [0.29, 0.717) is 10.6 Å². The van der Waals surface area contributed by atoms with E-state index in [1.165, 1.54) is 11.1 Å². The van der Waals surface area contributed by atoms with E-state index < -0.39 is 0 Å². The Kier molecular flexibility index (Phi) is 6.63. The fraction of sp³-hybridized carbons (Fsp3) is 0.381. The number of carbonyl (C=O) groups is 1. The number of halogens is 1. The number of nitrogens with zero attached hydrogens (tertiary/aromatic N) is 1. The van der Waals surface area contributed by atoms with E-state index in [2.05, 4.69) is 41.4 Å². The number of thioether (sulfide) groups is 1. The molecule has 3 nitrogen and oxygen atoms in total. The van der Waals surface area contributed by atoms with Crippen molar-refractivity contribution in [3.05, 3.63) is 64.2 Å². The van der Waals surface area contributed by atoms with Gasteiger partial charge in [-0.25, -0.2) is 0 Å². The Morgan fingerprint density at radius 3 is 2.69 bits per heavy atom. The summed E-state index contributed by atoms with van der Waals surface area (Å²) in [7, 11) is 0. The first-order valence-corrected chi connectivity index (χ1v) is 10.6. The molecule has 1 fully saturated rings. The number of carbonyl (C=O) groups excluding carboxylic acids is 1. The van der Waals surface area contributed by atoms with Crippen LogP contribution in [-0.2, 0) is 6.54 Å². The third-order valence-electron chi connectivity index (χ3n) is 4.83. The molecule has 0 aliphatic carbocycles. The smallest absolute Gasteiger partial charge is 0.253 e. The summed E-state index contributed by atoms with van der Waals surface area (Å²) < 4.78 is 0. The van der Waals surface area contributed by atoms with Gasteiger partial charge in [0, 0.05) is 30.6 Å². The van der Waals surface area contributed by atoms with E-state index in [1.54, 1.807) is 17.8 Å². The highest BCUT2D eigenvalue weighted by atomic mass is 35.5. The topological polar surface area (TPSA) is 32.3 Å². The van der Waals surface area contributed by atoms with Crippen LogP contribution in [0.4, 0.5) is 0 Å². The van der Waals surface area contributed by atoms with Gasteiger partial charge in [0.2, 0.25) is 0 Å². The Balaban J connectivity index is 1.53. The highest BCUT2D eigenvalue weighted by molar-refractivity contribution is 7.98. The lowest BCUT2D eigenvalue weighted by Gasteiger charge is -2.32. The van der Waals surface area contributed by atoms with E-state index in [-0.39, 0.29) is 11.9 Å². The van der Waals surface area contributed by atoms with Crippen molar-refractivity contribution in [2.24, 2.45) is 0 Å². The summed E-state index contributed by atoms with van der Waals surface area (Å²) in [5.74, 6) is -0.0666. The van der Waals surface area contributed by atoms with Crippen LogP contribution in [-0.4, -0.2) is 36.2 Å². The zero-order valence-corrected chi connectivity index (χ0v) is 16.9. The average molecular weight is 389 g/mol. The van der Waals surface area contributed by atoms with E-state index in [9.17, 15) is 4.79 Å². The summed E-state index contributed by atoms with van der Waals surface area (Å²) in [6.45, 7) is 5.10. The molecule has 1 amide bonds. The fourth-order valence-electron chi connectivity index (χ4n) is 3.37. The number of rotatable bonds is 5. The molecule has 0 spiro atoms. The Bertz CT molecular complexity index is 772. The molecule has 2 aromatic carbocycles. The van der Waals surface area contributed by atoms with E-state index >= 15 is 0 Å². The number of hydrogen-bond donors (Lipinski definition) is 1. The van der Waals surface area contributed by atoms with Crippen molar-refractivity contribution in [2.45, 2.75) is 37.2 Å². The maximum Gasteiger partial charge on any atom is 0.253 e. The first-order chi connectivity index (χ1) is 12.5. The number of benzene rings is 2. The van der Waals surface area contributed by atoms with Crippen LogP contribution in [0, 0.1) is 6.92 Å². The Labute approximate surface area is 165 Å². The van der Waals surface area contributed by atoms with Crippen molar-refractivity contribution >= 4 is 29.3 Å². The molecular formula is C21H25ClN2OS. The molecule has 1 N–H and O–H groups in total. The van der Waals surface area contributed by atoms with Gasteiger partial charge >= 0.3 is 0 Å². The Morgan fingerprint density at radius 1 is 1.23 bits per heavy atom. The molecule has 1 aliphatic heterocycles. The van der Waals surface area contributed by atoms with Crippen molar-refractivity contribution in [2.75, 3.05) is 19.3 Å². The number of likely N-dealkylation sites (tertiary alicyclic amines) is 1. The van der Waals surface area contributed by atoms with Gasteiger partial charge in [0.15, 0.2) is 0 Å². The normalized spacial score (nSPS) is 15.8. The number of nitrogens with one attached hydrogen (secondary N) is 1. The predicted octanol–water partition coefficient (Wildman–Crippen LogP) is 4.76. The average Bonchev–Trinajstić information content (AvgIpc) is 2.64. The minimum absolute atomic E-state index is 0.0666. The van der Waals surface area contributed by atoms with Crippen LogP contribution in [0.25, 0.3) is 0 Å².